The Kier molecular flexibility index (Phi) is 14.1. The van der Waals surface area contributed by atoms with E-state index in [0.717, 1.165) is 0 Å². The normalized spacial score (nSPS) is 17.5. The van der Waals surface area contributed by atoms with E-state index in [9.17, 15) is 166 Å². The van der Waals surface area contributed by atoms with E-state index in [2.05, 4.69) is 8.37 Å². The minimum Gasteiger partial charge on any atom is -0.263 e. The van der Waals surface area contributed by atoms with Crippen molar-refractivity contribution >= 4 is 20.2 Å². The average molecular weight is 1040 g/mol. The van der Waals surface area contributed by atoms with Crippen molar-refractivity contribution in [3.63, 3.8) is 0 Å². The summed E-state index contributed by atoms with van der Waals surface area (Å²) in [5.74, 6) is -110. The number of rotatable bonds is 19. The summed E-state index contributed by atoms with van der Waals surface area (Å²) in [6, 6.07) is 0. The van der Waals surface area contributed by atoms with Gasteiger partial charge in [0.2, 0.25) is 0 Å². The van der Waals surface area contributed by atoms with E-state index in [-0.39, 0.29) is 0 Å². The third-order valence-corrected chi connectivity index (χ3v) is 9.56. The van der Waals surface area contributed by atoms with Crippen LogP contribution in [0.2, 0.25) is 0 Å². The van der Waals surface area contributed by atoms with Crippen molar-refractivity contribution in [2.75, 3.05) is 6.61 Å². The summed E-state index contributed by atoms with van der Waals surface area (Å²) in [7, 11) is -17.6. The summed E-state index contributed by atoms with van der Waals surface area (Å²) in [5.41, 5.74) is 0. The van der Waals surface area contributed by atoms with Gasteiger partial charge in [0.25, 0.3) is 0 Å². The first-order valence-corrected chi connectivity index (χ1v) is 15.7. The predicted molar refractivity (Wildman–Crippen MR) is 116 cm³/mol. The lowest BCUT2D eigenvalue weighted by Gasteiger charge is -2.42. The molecule has 0 saturated heterocycles. The molecule has 0 saturated carbocycles. The zero-order chi connectivity index (χ0) is 50.7. The standard InChI is InChI=1S/C19H6F34O6S2/c1-3(59-61(56,57)19(52,53)15(42,43)11(34,35)7(26,27)5(22,23)9(30,31)13(38,39)17(47,48)49)2-58-60(54,55)18(50,51)14(40,41)10(32,33)6(24,25)4(20,21)8(28,29)12(36,37)16(44,45)46/h3H,2H2,1H3. The summed E-state index contributed by atoms with van der Waals surface area (Å²) < 4.78 is 504. The quantitative estimate of drug-likeness (QED) is 0.0947. The van der Waals surface area contributed by atoms with Gasteiger partial charge in [-0.25, -0.2) is 0 Å². The summed E-state index contributed by atoms with van der Waals surface area (Å²) in [5, 5.41) is -17.3. The van der Waals surface area contributed by atoms with Gasteiger partial charge in [0.05, 0.1) is 12.7 Å². The molecule has 0 N–H and O–H groups in total. The predicted octanol–water partition coefficient (Wildman–Crippen LogP) is 10.0. The molecule has 1 atom stereocenters. The monoisotopic (exact) mass is 1040 g/mol. The van der Waals surface area contributed by atoms with Gasteiger partial charge in [0.1, 0.15) is 0 Å². The number of hydrogen-bond acceptors (Lipinski definition) is 6. The molecule has 0 aromatic heterocycles. The molecule has 0 amide bonds. The highest BCUT2D eigenvalue weighted by atomic mass is 32.2. The largest absolute Gasteiger partial charge is 0.460 e. The summed E-state index contributed by atoms with van der Waals surface area (Å²) in [4.78, 5) is 0. The zero-order valence-corrected chi connectivity index (χ0v) is 28.0. The third-order valence-electron chi connectivity index (χ3n) is 6.76. The van der Waals surface area contributed by atoms with E-state index in [1.807, 2.05) is 0 Å². The molecular weight excluding hydrogens is 1030 g/mol. The highest BCUT2D eigenvalue weighted by Gasteiger charge is 2.98. The maximum absolute atomic E-state index is 14.1. The van der Waals surface area contributed by atoms with Crippen LogP contribution in [0.25, 0.3) is 0 Å². The van der Waals surface area contributed by atoms with Gasteiger partial charge in [0.15, 0.2) is 0 Å². The van der Waals surface area contributed by atoms with Gasteiger partial charge in [-0.2, -0.15) is 166 Å². The van der Waals surface area contributed by atoms with Gasteiger partial charge < -0.3 is 0 Å². The van der Waals surface area contributed by atoms with Crippen molar-refractivity contribution in [3.05, 3.63) is 0 Å². The third kappa shape index (κ3) is 7.60. The van der Waals surface area contributed by atoms with Crippen molar-refractivity contribution in [1.82, 2.24) is 0 Å². The smallest absolute Gasteiger partial charge is 0.263 e. The SMILES string of the molecule is CC(COS(=O)(=O)C(F)(F)C(F)(F)C(F)(F)C(F)(F)C(F)(F)C(F)(F)C(F)(F)C(F)(F)F)OS(=O)(=O)C(F)(F)C(F)(F)C(F)(F)C(F)(F)C(F)(F)C(F)(F)C(F)(F)C(F)(F)F. The fraction of sp³-hybridized carbons (Fsp3) is 1.00. The lowest BCUT2D eigenvalue weighted by atomic mass is 9.91. The molecule has 0 bridgehead atoms. The minimum absolute atomic E-state index is 0.787. The topological polar surface area (TPSA) is 86.7 Å². The van der Waals surface area contributed by atoms with E-state index < -0.39 is 134 Å². The molecule has 0 heterocycles. The first kappa shape index (κ1) is 58.4. The molecule has 0 aliphatic carbocycles. The molecular formula is C19H6F34O6S2. The molecule has 1 unspecified atom stereocenters. The Morgan fingerprint density at radius 2 is 0.492 bits per heavy atom. The Morgan fingerprint density at radius 1 is 0.311 bits per heavy atom. The van der Waals surface area contributed by atoms with Gasteiger partial charge in [-0.1, -0.05) is 0 Å². The number of alkyl halides is 34. The van der Waals surface area contributed by atoms with Crippen LogP contribution in [-0.2, 0) is 28.6 Å². The van der Waals surface area contributed by atoms with Crippen LogP contribution in [0.15, 0.2) is 0 Å². The Bertz CT molecular complexity index is 1820. The second kappa shape index (κ2) is 14.7. The molecule has 0 fully saturated rings. The van der Waals surface area contributed by atoms with Crippen LogP contribution in [0.5, 0.6) is 0 Å². The molecule has 368 valence electrons. The molecule has 42 heteroatoms. The highest BCUT2D eigenvalue weighted by Crippen LogP contribution is 2.66. The Morgan fingerprint density at radius 3 is 0.705 bits per heavy atom. The van der Waals surface area contributed by atoms with Crippen LogP contribution in [-0.4, -0.2) is 123 Å². The lowest BCUT2D eigenvalue weighted by molar-refractivity contribution is -0.458. The summed E-state index contributed by atoms with van der Waals surface area (Å²) in [6.07, 6.45) is -20.6. The number of hydrogen-bond donors (Lipinski definition) is 0. The first-order valence-electron chi connectivity index (χ1n) is 12.8. The summed E-state index contributed by atoms with van der Waals surface area (Å²) >= 11 is 0. The maximum Gasteiger partial charge on any atom is 0.460 e. The van der Waals surface area contributed by atoms with Gasteiger partial charge in [-0.3, -0.25) is 8.37 Å². The van der Waals surface area contributed by atoms with Crippen LogP contribution in [0.3, 0.4) is 0 Å². The molecule has 0 aliphatic heterocycles. The molecule has 0 aromatic rings. The van der Waals surface area contributed by atoms with Gasteiger partial charge in [0, 0.05) is 0 Å². The van der Waals surface area contributed by atoms with Crippen LogP contribution in [0.1, 0.15) is 6.92 Å². The van der Waals surface area contributed by atoms with E-state index in [1.54, 1.807) is 0 Å². The highest BCUT2D eigenvalue weighted by molar-refractivity contribution is 7.88. The van der Waals surface area contributed by atoms with Crippen LogP contribution < -0.4 is 0 Å². The van der Waals surface area contributed by atoms with Crippen molar-refractivity contribution in [2.45, 2.75) is 107 Å². The number of halogens is 34. The fourth-order valence-electron chi connectivity index (χ4n) is 3.18. The Hall–Kier alpha value is -2.56. The average Bonchev–Trinajstić information content (AvgIpc) is 3.01. The van der Waals surface area contributed by atoms with Crippen molar-refractivity contribution in [3.8, 4) is 0 Å². The lowest BCUT2D eigenvalue weighted by Crippen LogP contribution is -2.75. The molecule has 6 nitrogen and oxygen atoms in total. The molecule has 0 radical (unpaired) electrons. The van der Waals surface area contributed by atoms with E-state index in [4.69, 9.17) is 0 Å². The summed E-state index contributed by atoms with van der Waals surface area (Å²) in [6.45, 7) is -4.28. The van der Waals surface area contributed by atoms with E-state index in [1.165, 1.54) is 0 Å². The fourth-order valence-corrected chi connectivity index (χ4v) is 5.19. The van der Waals surface area contributed by atoms with Crippen molar-refractivity contribution < 1.29 is 174 Å². The van der Waals surface area contributed by atoms with Gasteiger partial charge >= 0.3 is 114 Å². The Labute approximate surface area is 309 Å². The second-order valence-corrected chi connectivity index (χ2v) is 14.3. The van der Waals surface area contributed by atoms with Crippen molar-refractivity contribution in [1.29, 1.82) is 0 Å². The molecule has 61 heavy (non-hydrogen) atoms. The van der Waals surface area contributed by atoms with E-state index >= 15 is 0 Å². The second-order valence-electron chi connectivity index (χ2n) is 11.0. The first-order chi connectivity index (χ1) is 25.6. The van der Waals surface area contributed by atoms with Crippen LogP contribution in [0, 0.1) is 0 Å². The van der Waals surface area contributed by atoms with E-state index in [0.29, 0.717) is 0 Å². The van der Waals surface area contributed by atoms with Gasteiger partial charge in [-0.05, 0) is 6.92 Å². The molecule has 0 rings (SSSR count). The van der Waals surface area contributed by atoms with Gasteiger partial charge in [-0.15, -0.1) is 0 Å². The van der Waals surface area contributed by atoms with Crippen LogP contribution >= 0.6 is 0 Å². The minimum atomic E-state index is -9.46. The molecule has 0 spiro atoms. The maximum atomic E-state index is 14.1. The zero-order valence-electron chi connectivity index (χ0n) is 26.4. The molecule has 0 aromatic carbocycles. The van der Waals surface area contributed by atoms with Crippen LogP contribution in [0.4, 0.5) is 149 Å². The van der Waals surface area contributed by atoms with Crippen molar-refractivity contribution in [2.24, 2.45) is 0 Å². The Balaban J connectivity index is 6.95. The molecule has 0 aliphatic rings.